The molecule has 2 aliphatic rings. The summed E-state index contributed by atoms with van der Waals surface area (Å²) in [6, 6.07) is 1.40. The maximum absolute atomic E-state index is 3.86. The average molecular weight is 152 g/mol. The van der Waals surface area contributed by atoms with E-state index in [1.54, 1.807) is 0 Å². The Bertz CT molecular complexity index is 144. The smallest absolute Gasteiger partial charge is 0.0201 e. The van der Waals surface area contributed by atoms with E-state index in [0.29, 0.717) is 12.1 Å². The molecule has 62 valence electrons. The number of piperazine rings is 1. The van der Waals surface area contributed by atoms with Gasteiger partial charge in [0.15, 0.2) is 0 Å². The Balaban J connectivity index is 1.99. The first-order chi connectivity index (χ1) is 5.38. The van der Waals surface area contributed by atoms with Crippen LogP contribution in [0.3, 0.4) is 0 Å². The van der Waals surface area contributed by atoms with Crippen LogP contribution in [0.4, 0.5) is 0 Å². The molecule has 0 spiro atoms. The number of piperidine rings is 1. The molecule has 11 heavy (non-hydrogen) atoms. The van der Waals surface area contributed by atoms with Gasteiger partial charge in [0.05, 0.1) is 0 Å². The van der Waals surface area contributed by atoms with Gasteiger partial charge in [-0.2, -0.15) is 0 Å². The zero-order valence-corrected chi connectivity index (χ0v) is 6.84. The SMILES string of the molecule is C=CC1CC2CNCC(C1)N2. The first-order valence-electron chi connectivity index (χ1n) is 4.48. The summed E-state index contributed by atoms with van der Waals surface area (Å²) >= 11 is 0. The highest BCUT2D eigenvalue weighted by Crippen LogP contribution is 2.22. The molecule has 2 unspecified atom stereocenters. The average Bonchev–Trinajstić information content (AvgIpc) is 2.03. The summed E-state index contributed by atoms with van der Waals surface area (Å²) < 4.78 is 0. The van der Waals surface area contributed by atoms with E-state index in [-0.39, 0.29) is 0 Å². The van der Waals surface area contributed by atoms with Crippen molar-refractivity contribution >= 4 is 0 Å². The van der Waals surface area contributed by atoms with Crippen molar-refractivity contribution < 1.29 is 0 Å². The molecule has 2 heterocycles. The van der Waals surface area contributed by atoms with E-state index in [9.17, 15) is 0 Å². The highest BCUT2D eigenvalue weighted by atomic mass is 15.1. The number of hydrogen-bond donors (Lipinski definition) is 2. The van der Waals surface area contributed by atoms with Gasteiger partial charge in [-0.3, -0.25) is 0 Å². The highest BCUT2D eigenvalue weighted by molar-refractivity contribution is 4.96. The van der Waals surface area contributed by atoms with Crippen molar-refractivity contribution in [3.05, 3.63) is 12.7 Å². The van der Waals surface area contributed by atoms with Crippen molar-refractivity contribution in [2.24, 2.45) is 5.92 Å². The van der Waals surface area contributed by atoms with Crippen molar-refractivity contribution in [2.45, 2.75) is 24.9 Å². The third kappa shape index (κ3) is 1.47. The van der Waals surface area contributed by atoms with Crippen LogP contribution in [0.15, 0.2) is 12.7 Å². The van der Waals surface area contributed by atoms with Crippen LogP contribution in [0.1, 0.15) is 12.8 Å². The van der Waals surface area contributed by atoms with Crippen LogP contribution in [-0.2, 0) is 0 Å². The lowest BCUT2D eigenvalue weighted by Crippen LogP contribution is -2.58. The summed E-state index contributed by atoms with van der Waals surface area (Å²) in [7, 11) is 0. The first-order valence-corrected chi connectivity index (χ1v) is 4.48. The van der Waals surface area contributed by atoms with Crippen LogP contribution in [-0.4, -0.2) is 25.2 Å². The van der Waals surface area contributed by atoms with Gasteiger partial charge in [0.2, 0.25) is 0 Å². The predicted octanol–water partition coefficient (Wildman–Crippen LogP) is 0.512. The van der Waals surface area contributed by atoms with Crippen LogP contribution in [0.25, 0.3) is 0 Å². The van der Waals surface area contributed by atoms with E-state index < -0.39 is 0 Å². The third-order valence-corrected chi connectivity index (χ3v) is 2.76. The Kier molecular flexibility index (Phi) is 1.96. The normalized spacial score (nSPS) is 43.5. The molecule has 0 amide bonds. The molecule has 2 rings (SSSR count). The molecule has 2 aliphatic heterocycles. The minimum atomic E-state index is 0.700. The number of allylic oxidation sites excluding steroid dienone is 1. The molecule has 2 heteroatoms. The molecule has 0 saturated carbocycles. The van der Waals surface area contributed by atoms with E-state index in [1.807, 2.05) is 0 Å². The fourth-order valence-corrected chi connectivity index (χ4v) is 2.21. The van der Waals surface area contributed by atoms with Crippen LogP contribution >= 0.6 is 0 Å². The van der Waals surface area contributed by atoms with E-state index in [0.717, 1.165) is 19.0 Å². The van der Waals surface area contributed by atoms with Gasteiger partial charge in [-0.05, 0) is 18.8 Å². The molecule has 0 aromatic carbocycles. The lowest BCUT2D eigenvalue weighted by Gasteiger charge is -2.39. The zero-order chi connectivity index (χ0) is 7.68. The predicted molar refractivity (Wildman–Crippen MR) is 46.5 cm³/mol. The molecule has 2 N–H and O–H groups in total. The maximum Gasteiger partial charge on any atom is 0.0201 e. The number of rotatable bonds is 1. The van der Waals surface area contributed by atoms with Gasteiger partial charge in [-0.1, -0.05) is 6.08 Å². The Hall–Kier alpha value is -0.340. The number of nitrogens with one attached hydrogen (secondary N) is 2. The maximum atomic E-state index is 3.86. The third-order valence-electron chi connectivity index (χ3n) is 2.76. The lowest BCUT2D eigenvalue weighted by atomic mass is 9.86. The van der Waals surface area contributed by atoms with Gasteiger partial charge in [-0.25, -0.2) is 0 Å². The van der Waals surface area contributed by atoms with Gasteiger partial charge >= 0.3 is 0 Å². The Morgan fingerprint density at radius 2 is 1.82 bits per heavy atom. The number of fused-ring (bicyclic) bond motifs is 2. The summed E-state index contributed by atoms with van der Waals surface area (Å²) in [5, 5.41) is 7.04. The molecule has 2 saturated heterocycles. The number of hydrogen-bond acceptors (Lipinski definition) is 2. The van der Waals surface area contributed by atoms with Gasteiger partial charge in [0, 0.05) is 25.2 Å². The monoisotopic (exact) mass is 152 g/mol. The summed E-state index contributed by atoms with van der Waals surface area (Å²) in [5.41, 5.74) is 0. The Labute approximate surface area is 68.1 Å². The minimum Gasteiger partial charge on any atom is -0.314 e. The second-order valence-electron chi connectivity index (χ2n) is 3.69. The van der Waals surface area contributed by atoms with Crippen LogP contribution in [0.5, 0.6) is 0 Å². The molecule has 0 radical (unpaired) electrons. The quantitative estimate of drug-likeness (QED) is 0.535. The second-order valence-corrected chi connectivity index (χ2v) is 3.69. The first kappa shape index (κ1) is 7.32. The molecule has 2 nitrogen and oxygen atoms in total. The standard InChI is InChI=1S/C9H16N2/c1-2-7-3-8-5-10-6-9(4-7)11-8/h2,7-11H,1,3-6H2. The van der Waals surface area contributed by atoms with Crippen LogP contribution in [0, 0.1) is 5.92 Å². The fraction of sp³-hybridized carbons (Fsp3) is 0.778. The van der Waals surface area contributed by atoms with E-state index in [1.165, 1.54) is 12.8 Å². The molecule has 0 aliphatic carbocycles. The van der Waals surface area contributed by atoms with Crippen LogP contribution < -0.4 is 10.6 Å². The lowest BCUT2D eigenvalue weighted by molar-refractivity contribution is 0.224. The van der Waals surface area contributed by atoms with E-state index in [4.69, 9.17) is 0 Å². The fourth-order valence-electron chi connectivity index (χ4n) is 2.21. The molecule has 2 atom stereocenters. The van der Waals surface area contributed by atoms with Crippen molar-refractivity contribution in [3.8, 4) is 0 Å². The van der Waals surface area contributed by atoms with Crippen molar-refractivity contribution in [2.75, 3.05) is 13.1 Å². The summed E-state index contributed by atoms with van der Waals surface area (Å²) in [6.45, 7) is 6.14. The van der Waals surface area contributed by atoms with Crippen molar-refractivity contribution in [1.29, 1.82) is 0 Å². The zero-order valence-electron chi connectivity index (χ0n) is 6.84. The molecule has 2 bridgehead atoms. The topological polar surface area (TPSA) is 24.1 Å². The van der Waals surface area contributed by atoms with Gasteiger partial charge in [0.1, 0.15) is 0 Å². The van der Waals surface area contributed by atoms with Crippen molar-refractivity contribution in [1.82, 2.24) is 10.6 Å². The van der Waals surface area contributed by atoms with Gasteiger partial charge in [0.25, 0.3) is 0 Å². The van der Waals surface area contributed by atoms with Crippen LogP contribution in [0.2, 0.25) is 0 Å². The van der Waals surface area contributed by atoms with E-state index >= 15 is 0 Å². The summed E-state index contributed by atoms with van der Waals surface area (Å²) in [5.74, 6) is 0.758. The summed E-state index contributed by atoms with van der Waals surface area (Å²) in [4.78, 5) is 0. The molecular weight excluding hydrogens is 136 g/mol. The molecular formula is C9H16N2. The minimum absolute atomic E-state index is 0.700. The highest BCUT2D eigenvalue weighted by Gasteiger charge is 2.29. The second kappa shape index (κ2) is 2.95. The molecule has 0 aromatic rings. The van der Waals surface area contributed by atoms with E-state index in [2.05, 4.69) is 23.3 Å². The van der Waals surface area contributed by atoms with Gasteiger partial charge in [-0.15, -0.1) is 6.58 Å². The van der Waals surface area contributed by atoms with Crippen molar-refractivity contribution in [3.63, 3.8) is 0 Å². The molecule has 2 fully saturated rings. The summed E-state index contributed by atoms with van der Waals surface area (Å²) in [6.07, 6.45) is 4.66. The van der Waals surface area contributed by atoms with Gasteiger partial charge < -0.3 is 10.6 Å². The molecule has 0 aromatic heterocycles. The Morgan fingerprint density at radius 1 is 1.18 bits per heavy atom. The Morgan fingerprint density at radius 3 is 2.36 bits per heavy atom. The largest absolute Gasteiger partial charge is 0.314 e.